The Morgan fingerprint density at radius 3 is 2.18 bits per heavy atom. The number of carbonyl (C=O) groups excluding carboxylic acids is 1. The third-order valence-corrected chi connectivity index (χ3v) is 2.40. The fourth-order valence-corrected chi connectivity index (χ4v) is 1.45. The molecule has 0 aliphatic rings. The summed E-state index contributed by atoms with van der Waals surface area (Å²) in [6, 6.07) is 0. The quantitative estimate of drug-likeness (QED) is 0.701. The highest BCUT2D eigenvalue weighted by molar-refractivity contribution is 5.67. The van der Waals surface area contributed by atoms with E-state index in [-0.39, 0.29) is 6.09 Å². The molecule has 0 aliphatic heterocycles. The van der Waals surface area contributed by atoms with Crippen molar-refractivity contribution in [3.05, 3.63) is 0 Å². The van der Waals surface area contributed by atoms with E-state index in [2.05, 4.69) is 0 Å². The molecule has 17 heavy (non-hydrogen) atoms. The van der Waals surface area contributed by atoms with E-state index in [1.165, 1.54) is 12.8 Å². The average Bonchev–Trinajstić information content (AvgIpc) is 2.20. The highest BCUT2D eigenvalue weighted by Crippen LogP contribution is 2.10. The van der Waals surface area contributed by atoms with E-state index in [9.17, 15) is 4.79 Å². The fraction of sp³-hybridized carbons (Fsp3) is 0.923. The number of ether oxygens (including phenoxy) is 1. The lowest BCUT2D eigenvalue weighted by Gasteiger charge is -2.24. The first-order chi connectivity index (χ1) is 7.87. The Bertz CT molecular complexity index is 212. The lowest BCUT2D eigenvalue weighted by molar-refractivity contribution is 0.0296. The number of hydrogen-bond donors (Lipinski definition) is 1. The molecule has 0 bridgehead atoms. The summed E-state index contributed by atoms with van der Waals surface area (Å²) in [6.07, 6.45) is 5.42. The molecule has 0 rings (SSSR count). The van der Waals surface area contributed by atoms with E-state index >= 15 is 0 Å². The van der Waals surface area contributed by atoms with Gasteiger partial charge in [-0.05, 0) is 40.2 Å². The number of rotatable bonds is 7. The largest absolute Gasteiger partial charge is 0.444 e. The molecule has 0 heterocycles. The van der Waals surface area contributed by atoms with Gasteiger partial charge < -0.3 is 15.4 Å². The summed E-state index contributed by atoms with van der Waals surface area (Å²) in [5, 5.41) is 0. The predicted molar refractivity (Wildman–Crippen MR) is 71.0 cm³/mol. The Morgan fingerprint density at radius 2 is 1.65 bits per heavy atom. The topological polar surface area (TPSA) is 55.6 Å². The second kappa shape index (κ2) is 8.34. The summed E-state index contributed by atoms with van der Waals surface area (Å²) in [5.41, 5.74) is 5.01. The van der Waals surface area contributed by atoms with Gasteiger partial charge in [0.15, 0.2) is 0 Å². The molecule has 1 amide bonds. The predicted octanol–water partition coefficient (Wildman–Crippen LogP) is 2.76. The summed E-state index contributed by atoms with van der Waals surface area (Å²) < 4.78 is 5.27. The molecule has 0 aromatic rings. The summed E-state index contributed by atoms with van der Waals surface area (Å²) >= 11 is 0. The van der Waals surface area contributed by atoms with Gasteiger partial charge in [0, 0.05) is 13.6 Å². The number of amides is 1. The molecule has 0 aromatic carbocycles. The third-order valence-electron chi connectivity index (χ3n) is 2.40. The fourth-order valence-electron chi connectivity index (χ4n) is 1.45. The van der Waals surface area contributed by atoms with Crippen molar-refractivity contribution in [2.24, 2.45) is 5.73 Å². The number of nitrogens with zero attached hydrogens (tertiary/aromatic N) is 1. The van der Waals surface area contributed by atoms with Crippen molar-refractivity contribution >= 4 is 6.09 Å². The van der Waals surface area contributed by atoms with Crippen LogP contribution in [-0.4, -0.2) is 36.7 Å². The zero-order valence-corrected chi connectivity index (χ0v) is 11.8. The van der Waals surface area contributed by atoms with Crippen molar-refractivity contribution in [3.8, 4) is 0 Å². The van der Waals surface area contributed by atoms with Crippen LogP contribution in [-0.2, 0) is 4.74 Å². The maximum atomic E-state index is 11.6. The van der Waals surface area contributed by atoms with Crippen LogP contribution in [0.2, 0.25) is 0 Å². The second-order valence-electron chi connectivity index (χ2n) is 5.46. The lowest BCUT2D eigenvalue weighted by atomic mass is 10.1. The van der Waals surface area contributed by atoms with Crippen LogP contribution in [0.4, 0.5) is 4.79 Å². The standard InChI is InChI=1S/C13H28N2O2/c1-13(2,3)17-12(16)15(4)11-9-7-5-6-8-10-14/h5-11,14H2,1-4H3. The molecule has 2 N–H and O–H groups in total. The molecule has 0 fully saturated rings. The number of carbonyl (C=O) groups is 1. The van der Waals surface area contributed by atoms with E-state index in [0.29, 0.717) is 0 Å². The Morgan fingerprint density at radius 1 is 1.12 bits per heavy atom. The Hall–Kier alpha value is -0.770. The van der Waals surface area contributed by atoms with Gasteiger partial charge in [0.05, 0.1) is 0 Å². The van der Waals surface area contributed by atoms with Crippen molar-refractivity contribution in [1.82, 2.24) is 4.90 Å². The zero-order chi connectivity index (χ0) is 13.3. The monoisotopic (exact) mass is 244 g/mol. The Balaban J connectivity index is 3.58. The average molecular weight is 244 g/mol. The summed E-state index contributed by atoms with van der Waals surface area (Å²) in [4.78, 5) is 13.3. The molecule has 0 aromatic heterocycles. The molecule has 0 atom stereocenters. The maximum absolute atomic E-state index is 11.6. The van der Waals surface area contributed by atoms with Crippen molar-refractivity contribution in [1.29, 1.82) is 0 Å². The van der Waals surface area contributed by atoms with Gasteiger partial charge in [0.25, 0.3) is 0 Å². The zero-order valence-electron chi connectivity index (χ0n) is 11.8. The molecule has 0 unspecified atom stereocenters. The van der Waals surface area contributed by atoms with E-state index in [4.69, 9.17) is 10.5 Å². The van der Waals surface area contributed by atoms with E-state index < -0.39 is 5.60 Å². The second-order valence-corrected chi connectivity index (χ2v) is 5.46. The normalized spacial score (nSPS) is 11.4. The molecule has 0 aliphatic carbocycles. The number of hydrogen-bond acceptors (Lipinski definition) is 3. The molecule has 4 nitrogen and oxygen atoms in total. The van der Waals surface area contributed by atoms with Gasteiger partial charge in [-0.25, -0.2) is 4.79 Å². The summed E-state index contributed by atoms with van der Waals surface area (Å²) in [7, 11) is 1.79. The van der Waals surface area contributed by atoms with Gasteiger partial charge in [-0.15, -0.1) is 0 Å². The highest BCUT2D eigenvalue weighted by Gasteiger charge is 2.18. The molecule has 0 radical (unpaired) electrons. The van der Waals surface area contributed by atoms with Crippen molar-refractivity contribution in [2.45, 2.75) is 58.5 Å². The molecule has 102 valence electrons. The Labute approximate surface area is 105 Å². The minimum atomic E-state index is -0.410. The van der Waals surface area contributed by atoms with E-state index in [1.54, 1.807) is 11.9 Å². The van der Waals surface area contributed by atoms with Crippen molar-refractivity contribution < 1.29 is 9.53 Å². The SMILES string of the molecule is CN(CCCCCCCN)C(=O)OC(C)(C)C. The van der Waals surface area contributed by atoms with Gasteiger partial charge >= 0.3 is 6.09 Å². The molecule has 4 heteroatoms. The minimum absolute atomic E-state index is 0.237. The van der Waals surface area contributed by atoms with Gasteiger partial charge in [-0.2, -0.15) is 0 Å². The van der Waals surface area contributed by atoms with Crippen LogP contribution >= 0.6 is 0 Å². The van der Waals surface area contributed by atoms with Crippen LogP contribution in [0.3, 0.4) is 0 Å². The maximum Gasteiger partial charge on any atom is 0.410 e. The smallest absolute Gasteiger partial charge is 0.410 e. The molecule has 0 saturated carbocycles. The van der Waals surface area contributed by atoms with Gasteiger partial charge in [-0.1, -0.05) is 19.3 Å². The number of unbranched alkanes of at least 4 members (excludes halogenated alkanes) is 4. The Kier molecular flexibility index (Phi) is 7.96. The number of nitrogens with two attached hydrogens (primary N) is 1. The van der Waals surface area contributed by atoms with Gasteiger partial charge in [0.1, 0.15) is 5.60 Å². The minimum Gasteiger partial charge on any atom is -0.444 e. The van der Waals surface area contributed by atoms with Crippen LogP contribution in [0.5, 0.6) is 0 Å². The van der Waals surface area contributed by atoms with Crippen molar-refractivity contribution in [2.75, 3.05) is 20.1 Å². The highest BCUT2D eigenvalue weighted by atomic mass is 16.6. The van der Waals surface area contributed by atoms with Crippen LogP contribution in [0, 0.1) is 0 Å². The first-order valence-electron chi connectivity index (χ1n) is 6.51. The first-order valence-corrected chi connectivity index (χ1v) is 6.51. The van der Waals surface area contributed by atoms with Crippen LogP contribution in [0.15, 0.2) is 0 Å². The van der Waals surface area contributed by atoms with Gasteiger partial charge in [0.2, 0.25) is 0 Å². The summed E-state index contributed by atoms with van der Waals surface area (Å²) in [6.45, 7) is 7.18. The van der Waals surface area contributed by atoms with Gasteiger partial charge in [-0.3, -0.25) is 0 Å². The first kappa shape index (κ1) is 16.2. The third kappa shape index (κ3) is 10.1. The molecule has 0 spiro atoms. The lowest BCUT2D eigenvalue weighted by Crippen LogP contribution is -2.34. The van der Waals surface area contributed by atoms with E-state index in [0.717, 1.165) is 32.4 Å². The molecular formula is C13H28N2O2. The van der Waals surface area contributed by atoms with E-state index in [1.807, 2.05) is 20.8 Å². The van der Waals surface area contributed by atoms with Crippen molar-refractivity contribution in [3.63, 3.8) is 0 Å². The molecular weight excluding hydrogens is 216 g/mol. The molecule has 0 saturated heterocycles. The van der Waals surface area contributed by atoms with Crippen LogP contribution < -0.4 is 5.73 Å². The van der Waals surface area contributed by atoms with Crippen LogP contribution in [0.25, 0.3) is 0 Å². The summed E-state index contributed by atoms with van der Waals surface area (Å²) in [5.74, 6) is 0. The van der Waals surface area contributed by atoms with Crippen LogP contribution in [0.1, 0.15) is 52.9 Å².